The number of hydrogen-bond donors (Lipinski definition) is 0. The maximum atomic E-state index is 13.2. The number of alkyl halides is 3. The molecule has 0 N–H and O–H groups in total. The van der Waals surface area contributed by atoms with Crippen molar-refractivity contribution in [2.45, 2.75) is 39.0 Å². The van der Waals surface area contributed by atoms with Gasteiger partial charge in [0, 0.05) is 28.2 Å². The molecule has 1 aliphatic rings. The van der Waals surface area contributed by atoms with Crippen LogP contribution in [0.5, 0.6) is 0 Å². The molecule has 1 aliphatic heterocycles. The topological polar surface area (TPSA) is 49.9 Å². The second kappa shape index (κ2) is 9.11. The Balaban J connectivity index is 2.20. The number of ether oxygens (including phenoxy) is 1. The van der Waals surface area contributed by atoms with Gasteiger partial charge >= 0.3 is 18.2 Å². The number of benzene rings is 1. The van der Waals surface area contributed by atoms with Gasteiger partial charge in [-0.25, -0.2) is 4.79 Å². The summed E-state index contributed by atoms with van der Waals surface area (Å²) in [6.07, 6.45) is -3.50. The van der Waals surface area contributed by atoms with Gasteiger partial charge in [0.05, 0.1) is 5.69 Å². The van der Waals surface area contributed by atoms with Gasteiger partial charge in [0.2, 0.25) is 0 Å². The van der Waals surface area contributed by atoms with Gasteiger partial charge in [-0.3, -0.25) is 9.69 Å². The number of halogens is 5. The molecule has 2 amide bonds. The fourth-order valence-electron chi connectivity index (χ4n) is 2.67. The van der Waals surface area contributed by atoms with Gasteiger partial charge in [0.25, 0.3) is 0 Å². The summed E-state index contributed by atoms with van der Waals surface area (Å²) < 4.78 is 45.2. The molecule has 0 aliphatic carbocycles. The third-order valence-electron chi connectivity index (χ3n) is 4.00. The molecule has 2 rings (SSSR count). The Bertz CT molecular complexity index is 822. The molecule has 0 bridgehead atoms. The van der Waals surface area contributed by atoms with Crippen molar-refractivity contribution in [2.24, 2.45) is 0 Å². The van der Waals surface area contributed by atoms with Gasteiger partial charge in [-0.05, 0) is 68.0 Å². The maximum Gasteiger partial charge on any atom is 0.471 e. The zero-order valence-electron chi connectivity index (χ0n) is 16.1. The number of hydrogen-bond acceptors (Lipinski definition) is 3. The van der Waals surface area contributed by atoms with Crippen molar-refractivity contribution in [1.29, 1.82) is 0 Å². The zero-order chi connectivity index (χ0) is 22.0. The lowest BCUT2D eigenvalue weighted by molar-refractivity contribution is -0.170. The van der Waals surface area contributed by atoms with Crippen LogP contribution in [-0.4, -0.2) is 48.3 Å². The van der Waals surface area contributed by atoms with Crippen molar-refractivity contribution in [3.05, 3.63) is 38.4 Å². The molecular weight excluding hydrogens is 524 g/mol. The lowest BCUT2D eigenvalue weighted by Crippen LogP contribution is -2.44. The van der Waals surface area contributed by atoms with Crippen LogP contribution in [0, 0.1) is 3.57 Å². The molecule has 10 heteroatoms. The average molecular weight is 545 g/mol. The van der Waals surface area contributed by atoms with Crippen LogP contribution in [0.1, 0.15) is 27.2 Å². The summed E-state index contributed by atoms with van der Waals surface area (Å²) in [5, 5.41) is 0.363. The second-order valence-corrected chi connectivity index (χ2v) is 9.12. The molecule has 1 aromatic carbocycles. The smallest absolute Gasteiger partial charge is 0.444 e. The molecule has 0 fully saturated rings. The molecule has 0 radical (unpaired) electrons. The first kappa shape index (κ1) is 23.8. The molecule has 1 aromatic rings. The van der Waals surface area contributed by atoms with Crippen molar-refractivity contribution in [3.63, 3.8) is 0 Å². The highest BCUT2D eigenvalue weighted by atomic mass is 127. The minimum atomic E-state index is -5.01. The summed E-state index contributed by atoms with van der Waals surface area (Å²) in [6.45, 7) is 5.54. The van der Waals surface area contributed by atoms with Crippen molar-refractivity contribution >= 4 is 51.9 Å². The van der Waals surface area contributed by atoms with Gasteiger partial charge in [0.1, 0.15) is 5.60 Å². The molecule has 29 heavy (non-hydrogen) atoms. The number of rotatable bonds is 3. The standard InChI is InChI=1S/C19H21ClF3IN2O3/c1-18(2,3)29-17(28)25-8-6-12(7-9-25)11-26(16(27)19(21,22)23)15-5-4-13(20)10-14(15)24/h4-6,10H,7-9,11H2,1-3H3. The van der Waals surface area contributed by atoms with Gasteiger partial charge in [-0.1, -0.05) is 23.3 Å². The summed E-state index contributed by atoms with van der Waals surface area (Å²) in [6, 6.07) is 4.33. The largest absolute Gasteiger partial charge is 0.471 e. The van der Waals surface area contributed by atoms with Gasteiger partial charge in [0.15, 0.2) is 0 Å². The summed E-state index contributed by atoms with van der Waals surface area (Å²) in [5.74, 6) is -1.95. The van der Waals surface area contributed by atoms with Crippen LogP contribution in [-0.2, 0) is 9.53 Å². The monoisotopic (exact) mass is 544 g/mol. The number of amides is 2. The minimum absolute atomic E-state index is 0.132. The van der Waals surface area contributed by atoms with E-state index in [2.05, 4.69) is 0 Å². The van der Waals surface area contributed by atoms with Crippen LogP contribution in [0.25, 0.3) is 0 Å². The first-order chi connectivity index (χ1) is 13.3. The van der Waals surface area contributed by atoms with Crippen molar-refractivity contribution in [2.75, 3.05) is 24.5 Å². The van der Waals surface area contributed by atoms with E-state index in [1.165, 1.54) is 23.1 Å². The molecule has 5 nitrogen and oxygen atoms in total. The predicted octanol–water partition coefficient (Wildman–Crippen LogP) is 5.41. The summed E-state index contributed by atoms with van der Waals surface area (Å²) in [5.41, 5.74) is 0.128. The highest BCUT2D eigenvalue weighted by Crippen LogP contribution is 2.31. The highest BCUT2D eigenvalue weighted by Gasteiger charge is 2.43. The molecule has 0 atom stereocenters. The average Bonchev–Trinajstić information content (AvgIpc) is 2.58. The van der Waals surface area contributed by atoms with Crippen molar-refractivity contribution in [3.8, 4) is 0 Å². The third kappa shape index (κ3) is 6.77. The third-order valence-corrected chi connectivity index (χ3v) is 5.10. The Morgan fingerprint density at radius 2 is 1.93 bits per heavy atom. The molecule has 0 saturated heterocycles. The Kier molecular flexibility index (Phi) is 7.47. The normalized spacial score (nSPS) is 15.0. The highest BCUT2D eigenvalue weighted by molar-refractivity contribution is 14.1. The van der Waals surface area contributed by atoms with Crippen LogP contribution < -0.4 is 4.90 Å². The lowest BCUT2D eigenvalue weighted by atomic mass is 10.1. The minimum Gasteiger partial charge on any atom is -0.444 e. The molecule has 0 aromatic heterocycles. The maximum absolute atomic E-state index is 13.2. The van der Waals surface area contributed by atoms with Crippen LogP contribution in [0.2, 0.25) is 5.02 Å². The summed E-state index contributed by atoms with van der Waals surface area (Å²) in [7, 11) is 0. The van der Waals surface area contributed by atoms with E-state index >= 15 is 0 Å². The molecule has 1 heterocycles. The van der Waals surface area contributed by atoms with E-state index in [9.17, 15) is 22.8 Å². The quantitative estimate of drug-likeness (QED) is 0.378. The molecule has 0 spiro atoms. The summed E-state index contributed by atoms with van der Waals surface area (Å²) >= 11 is 7.73. The van der Waals surface area contributed by atoms with Gasteiger partial charge in [-0.15, -0.1) is 0 Å². The number of nitrogens with zero attached hydrogens (tertiary/aromatic N) is 2. The molecule has 0 saturated carbocycles. The van der Waals surface area contributed by atoms with E-state index in [4.69, 9.17) is 16.3 Å². The Morgan fingerprint density at radius 3 is 2.41 bits per heavy atom. The van der Waals surface area contributed by atoms with Crippen LogP contribution in [0.4, 0.5) is 23.7 Å². The predicted molar refractivity (Wildman–Crippen MR) is 113 cm³/mol. The number of carbonyl (C=O) groups excluding carboxylic acids is 2. The van der Waals surface area contributed by atoms with E-state index in [-0.39, 0.29) is 18.8 Å². The Hall–Kier alpha value is -1.49. The zero-order valence-corrected chi connectivity index (χ0v) is 19.1. The van der Waals surface area contributed by atoms with E-state index in [1.54, 1.807) is 26.8 Å². The first-order valence-corrected chi connectivity index (χ1v) is 10.2. The number of carbonyl (C=O) groups is 2. The van der Waals surface area contributed by atoms with Crippen LogP contribution in [0.3, 0.4) is 0 Å². The Labute approximate surface area is 185 Å². The fourth-order valence-corrected chi connectivity index (χ4v) is 3.83. The lowest BCUT2D eigenvalue weighted by Gasteiger charge is -2.31. The van der Waals surface area contributed by atoms with Gasteiger partial charge in [-0.2, -0.15) is 13.2 Å². The second-order valence-electron chi connectivity index (χ2n) is 7.52. The first-order valence-electron chi connectivity index (χ1n) is 8.77. The fraction of sp³-hybridized carbons (Fsp3) is 0.474. The van der Waals surface area contributed by atoms with Crippen LogP contribution >= 0.6 is 34.2 Å². The van der Waals surface area contributed by atoms with Crippen molar-refractivity contribution in [1.82, 2.24) is 4.90 Å². The SMILES string of the molecule is CC(C)(C)OC(=O)N1CC=C(CN(C(=O)C(F)(F)F)c2ccc(Cl)cc2I)CC1. The van der Waals surface area contributed by atoms with E-state index < -0.39 is 23.8 Å². The van der Waals surface area contributed by atoms with E-state index in [0.29, 0.717) is 32.0 Å². The van der Waals surface area contributed by atoms with E-state index in [0.717, 1.165) is 0 Å². The molecule has 0 unspecified atom stereocenters. The summed E-state index contributed by atoms with van der Waals surface area (Å²) in [4.78, 5) is 26.4. The Morgan fingerprint density at radius 1 is 1.28 bits per heavy atom. The molecule has 160 valence electrons. The number of anilines is 1. The molecular formula is C19H21ClF3IN2O3. The van der Waals surface area contributed by atoms with Gasteiger partial charge < -0.3 is 9.64 Å². The van der Waals surface area contributed by atoms with Crippen LogP contribution in [0.15, 0.2) is 29.8 Å². The van der Waals surface area contributed by atoms with Crippen molar-refractivity contribution < 1.29 is 27.5 Å². The van der Waals surface area contributed by atoms with E-state index in [1.807, 2.05) is 22.6 Å².